The minimum absolute atomic E-state index is 0.186. The maximum absolute atomic E-state index is 11.6. The van der Waals surface area contributed by atoms with E-state index in [4.69, 9.17) is 9.72 Å². The molecule has 1 aliphatic heterocycles. The van der Waals surface area contributed by atoms with Crippen LogP contribution >= 0.6 is 0 Å². The topological polar surface area (TPSA) is 85.5 Å². The summed E-state index contributed by atoms with van der Waals surface area (Å²) in [7, 11) is -1.35. The number of para-hydroxylation sites is 2. The minimum Gasteiger partial charge on any atom is -0.444 e. The molecule has 1 aliphatic rings. The van der Waals surface area contributed by atoms with Crippen LogP contribution in [0.25, 0.3) is 17.0 Å². The van der Waals surface area contributed by atoms with E-state index < -0.39 is 10.6 Å². The lowest BCUT2D eigenvalue weighted by Gasteiger charge is -2.34. The van der Waals surface area contributed by atoms with Gasteiger partial charge >= 0.3 is 0 Å². The minimum atomic E-state index is -1.35. The van der Waals surface area contributed by atoms with Crippen LogP contribution in [0.4, 0.5) is 11.6 Å². The van der Waals surface area contributed by atoms with E-state index in [0.29, 0.717) is 25.0 Å². The van der Waals surface area contributed by atoms with Gasteiger partial charge in [-0.05, 0) is 19.1 Å². The molecule has 1 atom stereocenters. The Hall–Kier alpha value is -2.52. The highest BCUT2D eigenvalue weighted by Crippen LogP contribution is 2.25. The molecule has 3 aromatic rings. The van der Waals surface area contributed by atoms with Crippen LogP contribution in [-0.2, 0) is 19.5 Å². The molecule has 0 aliphatic carbocycles. The first-order valence-electron chi connectivity index (χ1n) is 8.33. The molecule has 8 nitrogen and oxygen atoms in total. The highest BCUT2D eigenvalue weighted by molar-refractivity contribution is 7.74. The Kier molecular flexibility index (Phi) is 4.56. The van der Waals surface area contributed by atoms with Crippen LogP contribution in [0, 0.1) is 0 Å². The average molecular weight is 371 g/mol. The van der Waals surface area contributed by atoms with E-state index in [1.165, 1.54) is 6.26 Å². The summed E-state index contributed by atoms with van der Waals surface area (Å²) in [6, 6.07) is 9.74. The number of anilines is 1. The smallest absolute Gasteiger partial charge is 0.239 e. The summed E-state index contributed by atoms with van der Waals surface area (Å²) < 4.78 is 23.1. The summed E-state index contributed by atoms with van der Waals surface area (Å²) in [5.74, 6) is 1.59. The van der Waals surface area contributed by atoms with Crippen LogP contribution in [0.5, 0.6) is 0 Å². The van der Waals surface area contributed by atoms with Crippen molar-refractivity contribution < 1.29 is 8.95 Å². The van der Waals surface area contributed by atoms with Gasteiger partial charge in [-0.15, -0.1) is 6.26 Å². The van der Waals surface area contributed by atoms with Gasteiger partial charge in [0.25, 0.3) is 0 Å². The highest BCUT2D eigenvalue weighted by Gasteiger charge is 2.22. The molecule has 9 heteroatoms. The third kappa shape index (κ3) is 3.27. The summed E-state index contributed by atoms with van der Waals surface area (Å²) in [6.07, 6.45) is 3.21. The first kappa shape index (κ1) is 16.9. The fraction of sp³-hybridized carbons (Fsp3) is 0.353. The molecular formula is C17H19N6O2S-. The third-order valence-electron chi connectivity index (χ3n) is 4.24. The largest absolute Gasteiger partial charge is 0.444 e. The number of imidazole rings is 1. The predicted octanol–water partition coefficient (Wildman–Crippen LogP) is 2.45. The molecule has 1 saturated heterocycles. The zero-order valence-electron chi connectivity index (χ0n) is 14.6. The number of rotatable bonds is 3. The van der Waals surface area contributed by atoms with E-state index in [-0.39, 0.29) is 6.04 Å². The van der Waals surface area contributed by atoms with Crippen LogP contribution in [0.1, 0.15) is 6.92 Å². The summed E-state index contributed by atoms with van der Waals surface area (Å²) in [5.41, 5.74) is 1.77. The van der Waals surface area contributed by atoms with Crippen LogP contribution in [-0.4, -0.2) is 51.6 Å². The van der Waals surface area contributed by atoms with E-state index in [1.807, 2.05) is 28.8 Å². The van der Waals surface area contributed by atoms with Crippen molar-refractivity contribution in [3.8, 4) is 5.95 Å². The molecule has 3 heterocycles. The Morgan fingerprint density at radius 3 is 2.96 bits per heavy atom. The molecule has 0 unspecified atom stereocenters. The number of aromatic nitrogens is 4. The van der Waals surface area contributed by atoms with Gasteiger partial charge in [0.15, 0.2) is 0 Å². The van der Waals surface area contributed by atoms with Gasteiger partial charge in [-0.25, -0.2) is 4.98 Å². The van der Waals surface area contributed by atoms with Gasteiger partial charge in [0.2, 0.25) is 5.95 Å². The second-order valence-corrected chi connectivity index (χ2v) is 7.15. The van der Waals surface area contributed by atoms with Crippen molar-refractivity contribution in [1.29, 1.82) is 0 Å². The summed E-state index contributed by atoms with van der Waals surface area (Å²) >= 11 is 0. The Morgan fingerprint density at radius 1 is 1.31 bits per heavy atom. The summed E-state index contributed by atoms with van der Waals surface area (Å²) in [6.45, 7) is 4.10. The number of nitrogens with zero attached hydrogens (tertiary/aromatic N) is 6. The van der Waals surface area contributed by atoms with Gasteiger partial charge in [-0.3, -0.25) is 4.57 Å². The molecule has 0 spiro atoms. The molecule has 1 aromatic carbocycles. The van der Waals surface area contributed by atoms with E-state index in [9.17, 15) is 4.21 Å². The van der Waals surface area contributed by atoms with Crippen LogP contribution in [0.15, 0.2) is 41.0 Å². The number of morpholine rings is 1. The molecule has 0 amide bonds. The second kappa shape index (κ2) is 7.00. The quantitative estimate of drug-likeness (QED) is 0.658. The molecule has 1 fully saturated rings. The van der Waals surface area contributed by atoms with Gasteiger partial charge in [0.1, 0.15) is 18.0 Å². The van der Waals surface area contributed by atoms with Crippen molar-refractivity contribution in [3.05, 3.63) is 36.7 Å². The summed E-state index contributed by atoms with van der Waals surface area (Å²) in [4.78, 5) is 15.8. The molecule has 2 aromatic heterocycles. The molecule has 4 rings (SSSR count). The fourth-order valence-electron chi connectivity index (χ4n) is 3.03. The number of fused-ring (bicyclic) bond motifs is 1. The maximum atomic E-state index is 11.6. The Labute approximate surface area is 153 Å². The van der Waals surface area contributed by atoms with E-state index in [1.54, 1.807) is 12.4 Å². The third-order valence-corrected chi connectivity index (χ3v) is 4.68. The van der Waals surface area contributed by atoms with Crippen LogP contribution in [0.2, 0.25) is 0 Å². The first-order chi connectivity index (χ1) is 12.6. The molecular weight excluding hydrogens is 352 g/mol. The van der Waals surface area contributed by atoms with Gasteiger partial charge < -0.3 is 18.2 Å². The average Bonchev–Trinajstić information content (AvgIpc) is 3.05. The molecule has 0 bridgehead atoms. The number of hydrogen-bond acceptors (Lipinski definition) is 8. The Balaban J connectivity index is 1.87. The molecule has 26 heavy (non-hydrogen) atoms. The number of benzene rings is 1. The number of ether oxygens (including phenoxy) is 1. The van der Waals surface area contributed by atoms with Gasteiger partial charge in [0.05, 0.1) is 30.3 Å². The number of hydrogen-bond donors (Lipinski definition) is 0. The maximum Gasteiger partial charge on any atom is 0.239 e. The zero-order chi connectivity index (χ0) is 18.1. The fourth-order valence-corrected chi connectivity index (χ4v) is 3.39. The molecule has 0 saturated carbocycles. The second-order valence-electron chi connectivity index (χ2n) is 6.12. The van der Waals surface area contributed by atoms with E-state index >= 15 is 0 Å². The lowest BCUT2D eigenvalue weighted by molar-refractivity contribution is 0.0985. The zero-order valence-corrected chi connectivity index (χ0v) is 15.4. The van der Waals surface area contributed by atoms with Crippen molar-refractivity contribution in [2.75, 3.05) is 30.9 Å². The molecule has 0 radical (unpaired) electrons. The lowest BCUT2D eigenvalue weighted by Crippen LogP contribution is -2.44. The lowest BCUT2D eigenvalue weighted by atomic mass is 10.2. The van der Waals surface area contributed by atoms with Crippen molar-refractivity contribution in [2.24, 2.45) is 4.36 Å². The van der Waals surface area contributed by atoms with Gasteiger partial charge in [0, 0.05) is 12.6 Å². The normalized spacial score (nSPS) is 19.2. The van der Waals surface area contributed by atoms with E-state index in [0.717, 1.165) is 23.4 Å². The van der Waals surface area contributed by atoms with Gasteiger partial charge in [-0.2, -0.15) is 20.6 Å². The standard InChI is InChI=1S/C17H19N6O2S/c1-12-10-25-8-7-22(12)16-9-15(21-26(2)24)19-17(20-16)23-11-18-13-5-3-4-6-14(13)23/h3-6,9,11-12H,7-8,10H2,1-2H3/q-1/t12-/m1/s1. The van der Waals surface area contributed by atoms with Crippen molar-refractivity contribution >= 4 is 33.3 Å². The molecule has 136 valence electrons. The van der Waals surface area contributed by atoms with Crippen LogP contribution in [0.3, 0.4) is 0 Å². The predicted molar refractivity (Wildman–Crippen MR) is 100 cm³/mol. The van der Waals surface area contributed by atoms with Crippen molar-refractivity contribution in [2.45, 2.75) is 13.0 Å². The Bertz CT molecular complexity index is 1030. The molecule has 0 N–H and O–H groups in total. The summed E-state index contributed by atoms with van der Waals surface area (Å²) in [5, 5.41) is 0. The SMILES string of the molecule is C[C@@H]1COCCN1c1cc(N=[S-](C)=O)nc(-n2cnc3ccccc32)n1. The van der Waals surface area contributed by atoms with Crippen LogP contribution < -0.4 is 4.90 Å². The van der Waals surface area contributed by atoms with E-state index in [2.05, 4.69) is 26.2 Å². The Morgan fingerprint density at radius 2 is 2.15 bits per heavy atom. The van der Waals surface area contributed by atoms with Crippen molar-refractivity contribution in [1.82, 2.24) is 19.5 Å². The first-order valence-corrected chi connectivity index (χ1v) is 9.84. The van der Waals surface area contributed by atoms with Gasteiger partial charge in [-0.1, -0.05) is 12.1 Å². The highest BCUT2D eigenvalue weighted by atomic mass is 32.2. The van der Waals surface area contributed by atoms with Crippen molar-refractivity contribution in [3.63, 3.8) is 0 Å². The monoisotopic (exact) mass is 371 g/mol.